The molecule has 0 aliphatic carbocycles. The molecule has 1 aromatic carbocycles. The van der Waals surface area contributed by atoms with E-state index in [0.29, 0.717) is 17.3 Å². The van der Waals surface area contributed by atoms with Gasteiger partial charge in [0.25, 0.3) is 0 Å². The normalized spacial score (nSPS) is 21.1. The van der Waals surface area contributed by atoms with Gasteiger partial charge in [0.1, 0.15) is 5.75 Å². The lowest BCUT2D eigenvalue weighted by Crippen LogP contribution is -2.29. The van der Waals surface area contributed by atoms with E-state index in [9.17, 15) is 8.42 Å². The fourth-order valence-corrected chi connectivity index (χ4v) is 3.32. The van der Waals surface area contributed by atoms with Crippen LogP contribution < -0.4 is 10.1 Å². The zero-order valence-electron chi connectivity index (χ0n) is 9.89. The maximum atomic E-state index is 11.2. The highest BCUT2D eigenvalue weighted by atomic mass is 35.5. The van der Waals surface area contributed by atoms with Gasteiger partial charge >= 0.3 is 0 Å². The minimum atomic E-state index is -3.01. The molecule has 0 saturated heterocycles. The molecule has 1 atom stereocenters. The molecular weight excluding hydrogens is 274 g/mol. The lowest BCUT2D eigenvalue weighted by atomic mass is 10.2. The lowest BCUT2D eigenvalue weighted by molar-refractivity contribution is 0.415. The van der Waals surface area contributed by atoms with Crippen LogP contribution in [0.2, 0.25) is 5.02 Å². The van der Waals surface area contributed by atoms with Crippen molar-refractivity contribution in [2.75, 3.05) is 12.9 Å². The number of sulfone groups is 1. The van der Waals surface area contributed by atoms with Gasteiger partial charge in [0.05, 0.1) is 17.9 Å². The zero-order valence-corrected chi connectivity index (χ0v) is 11.5. The fourth-order valence-electron chi connectivity index (χ4n) is 1.77. The number of methoxy groups -OCH3 is 1. The maximum absolute atomic E-state index is 11.2. The molecule has 2 rings (SSSR count). The van der Waals surface area contributed by atoms with Crippen molar-refractivity contribution < 1.29 is 13.2 Å². The Kier molecular flexibility index (Phi) is 3.94. The molecule has 0 amide bonds. The topological polar surface area (TPSA) is 55.4 Å². The average molecular weight is 288 g/mol. The molecule has 1 unspecified atom stereocenters. The molecular formula is C12H14ClNO3S. The van der Waals surface area contributed by atoms with Crippen LogP contribution in [0.3, 0.4) is 0 Å². The van der Waals surface area contributed by atoms with Crippen molar-refractivity contribution in [2.45, 2.75) is 12.6 Å². The predicted molar refractivity (Wildman–Crippen MR) is 71.6 cm³/mol. The van der Waals surface area contributed by atoms with Gasteiger partial charge in [-0.15, -0.1) is 0 Å². The summed E-state index contributed by atoms with van der Waals surface area (Å²) in [6, 6.07) is 5.36. The van der Waals surface area contributed by atoms with Gasteiger partial charge in [-0.25, -0.2) is 8.42 Å². The summed E-state index contributed by atoms with van der Waals surface area (Å²) in [5.74, 6) is 0.750. The smallest absolute Gasteiger partial charge is 0.173 e. The summed E-state index contributed by atoms with van der Waals surface area (Å²) in [6.45, 7) is 0.564. The van der Waals surface area contributed by atoms with E-state index in [1.54, 1.807) is 25.3 Å². The van der Waals surface area contributed by atoms with E-state index in [1.807, 2.05) is 6.07 Å². The molecule has 0 spiro atoms. The first-order valence-electron chi connectivity index (χ1n) is 5.47. The van der Waals surface area contributed by atoms with E-state index in [2.05, 4.69) is 5.32 Å². The highest BCUT2D eigenvalue weighted by Gasteiger charge is 2.20. The molecule has 18 heavy (non-hydrogen) atoms. The molecule has 1 heterocycles. The van der Waals surface area contributed by atoms with Gasteiger partial charge in [0.2, 0.25) is 0 Å². The minimum absolute atomic E-state index is 0.122. The van der Waals surface area contributed by atoms with Crippen molar-refractivity contribution in [3.05, 3.63) is 40.3 Å². The number of ether oxygens (including phenoxy) is 1. The molecule has 98 valence electrons. The van der Waals surface area contributed by atoms with Crippen molar-refractivity contribution in [2.24, 2.45) is 0 Å². The van der Waals surface area contributed by atoms with Crippen molar-refractivity contribution in [1.29, 1.82) is 0 Å². The zero-order chi connectivity index (χ0) is 13.2. The summed E-state index contributed by atoms with van der Waals surface area (Å²) < 4.78 is 27.5. The SMILES string of the molecule is COc1ccc(CNC2C=CS(=O)(=O)C2)cc1Cl. The molecule has 0 saturated carbocycles. The fraction of sp³-hybridized carbons (Fsp3) is 0.333. The van der Waals surface area contributed by atoms with Gasteiger partial charge < -0.3 is 10.1 Å². The summed E-state index contributed by atoms with van der Waals surface area (Å²) in [5, 5.41) is 4.96. The van der Waals surface area contributed by atoms with Crippen LogP contribution >= 0.6 is 11.6 Å². The van der Waals surface area contributed by atoms with E-state index in [4.69, 9.17) is 16.3 Å². The predicted octanol–water partition coefficient (Wildman–Crippen LogP) is 1.75. The molecule has 1 N–H and O–H groups in total. The lowest BCUT2D eigenvalue weighted by Gasteiger charge is -2.11. The highest BCUT2D eigenvalue weighted by molar-refractivity contribution is 7.94. The quantitative estimate of drug-likeness (QED) is 0.917. The Morgan fingerprint density at radius 1 is 1.50 bits per heavy atom. The van der Waals surface area contributed by atoms with Gasteiger partial charge in [-0.05, 0) is 17.7 Å². The maximum Gasteiger partial charge on any atom is 0.173 e. The van der Waals surface area contributed by atoms with E-state index in [1.165, 1.54) is 5.41 Å². The third-order valence-corrected chi connectivity index (χ3v) is 4.41. The van der Waals surface area contributed by atoms with Gasteiger partial charge in [0.15, 0.2) is 9.84 Å². The van der Waals surface area contributed by atoms with Crippen LogP contribution in [0.1, 0.15) is 5.56 Å². The van der Waals surface area contributed by atoms with Crippen molar-refractivity contribution in [3.63, 3.8) is 0 Å². The first kappa shape index (κ1) is 13.4. The first-order chi connectivity index (χ1) is 8.50. The molecule has 1 aromatic rings. The average Bonchev–Trinajstić information content (AvgIpc) is 2.66. The molecule has 4 nitrogen and oxygen atoms in total. The second-order valence-corrected chi connectivity index (χ2v) is 6.45. The van der Waals surface area contributed by atoms with Crippen molar-refractivity contribution in [1.82, 2.24) is 5.32 Å². The molecule has 0 radical (unpaired) electrons. The molecule has 1 aliphatic heterocycles. The van der Waals surface area contributed by atoms with Crippen LogP contribution in [-0.4, -0.2) is 27.3 Å². The number of hydrogen-bond donors (Lipinski definition) is 1. The van der Waals surface area contributed by atoms with Crippen LogP contribution in [0.15, 0.2) is 29.7 Å². The molecule has 0 fully saturated rings. The number of rotatable bonds is 4. The van der Waals surface area contributed by atoms with E-state index < -0.39 is 9.84 Å². The number of nitrogens with one attached hydrogen (secondary N) is 1. The van der Waals surface area contributed by atoms with E-state index in [-0.39, 0.29) is 11.8 Å². The van der Waals surface area contributed by atoms with Crippen LogP contribution in [-0.2, 0) is 16.4 Å². The molecule has 6 heteroatoms. The Morgan fingerprint density at radius 3 is 2.83 bits per heavy atom. The summed E-state index contributed by atoms with van der Waals surface area (Å²) in [7, 11) is -1.44. The summed E-state index contributed by atoms with van der Waals surface area (Å²) in [4.78, 5) is 0. The highest BCUT2D eigenvalue weighted by Crippen LogP contribution is 2.24. The third kappa shape index (κ3) is 3.25. The van der Waals surface area contributed by atoms with E-state index in [0.717, 1.165) is 5.56 Å². The van der Waals surface area contributed by atoms with Crippen LogP contribution in [0.4, 0.5) is 0 Å². The van der Waals surface area contributed by atoms with Crippen LogP contribution in [0.5, 0.6) is 5.75 Å². The van der Waals surface area contributed by atoms with Gasteiger partial charge in [-0.2, -0.15) is 0 Å². The monoisotopic (exact) mass is 287 g/mol. The second kappa shape index (κ2) is 5.30. The summed E-state index contributed by atoms with van der Waals surface area (Å²) >= 11 is 6.01. The van der Waals surface area contributed by atoms with Crippen LogP contribution in [0.25, 0.3) is 0 Å². The summed E-state index contributed by atoms with van der Waals surface area (Å²) in [6.07, 6.45) is 1.67. The molecule has 1 aliphatic rings. The molecule has 0 aromatic heterocycles. The van der Waals surface area contributed by atoms with Crippen LogP contribution in [0, 0.1) is 0 Å². The van der Waals surface area contributed by atoms with E-state index >= 15 is 0 Å². The summed E-state index contributed by atoms with van der Waals surface area (Å²) in [5.41, 5.74) is 0.985. The number of halogens is 1. The minimum Gasteiger partial charge on any atom is -0.495 e. The molecule has 0 bridgehead atoms. The largest absolute Gasteiger partial charge is 0.495 e. The first-order valence-corrected chi connectivity index (χ1v) is 7.56. The van der Waals surface area contributed by atoms with Gasteiger partial charge in [-0.1, -0.05) is 23.7 Å². The standard InChI is InChI=1S/C12H14ClNO3S/c1-17-12-3-2-9(6-11(12)13)7-14-10-4-5-18(15,16)8-10/h2-6,10,14H,7-8H2,1H3. The number of benzene rings is 1. The van der Waals surface area contributed by atoms with Gasteiger partial charge in [-0.3, -0.25) is 0 Å². The van der Waals surface area contributed by atoms with Crippen molar-refractivity contribution >= 4 is 21.4 Å². The Morgan fingerprint density at radius 2 is 2.28 bits per heavy atom. The Labute approximate surface area is 112 Å². The number of hydrogen-bond acceptors (Lipinski definition) is 4. The van der Waals surface area contributed by atoms with Crippen molar-refractivity contribution in [3.8, 4) is 5.75 Å². The Balaban J connectivity index is 1.95. The third-order valence-electron chi connectivity index (χ3n) is 2.71. The second-order valence-electron chi connectivity index (χ2n) is 4.11. The Hall–Kier alpha value is -1.04. The van der Waals surface area contributed by atoms with Gasteiger partial charge in [0, 0.05) is 18.0 Å². The Bertz CT molecular complexity index is 569.